The first kappa shape index (κ1) is 15.1. The van der Waals surface area contributed by atoms with Crippen LogP contribution < -0.4 is 10.6 Å². The van der Waals surface area contributed by atoms with Gasteiger partial charge in [-0.15, -0.1) is 0 Å². The molecule has 0 fully saturated rings. The molecule has 0 aliphatic carbocycles. The van der Waals surface area contributed by atoms with Crippen molar-refractivity contribution >= 4 is 31.2 Å². The SMILES string of the molecule is CCOC(=O)C(CS)NCCNCCS. The number of nitrogens with one attached hydrogen (secondary N) is 2. The van der Waals surface area contributed by atoms with Crippen LogP contribution in [-0.2, 0) is 9.53 Å². The smallest absolute Gasteiger partial charge is 0.323 e. The number of thiol groups is 2. The summed E-state index contributed by atoms with van der Waals surface area (Å²) in [6, 6.07) is -0.314. The molecule has 6 heteroatoms. The van der Waals surface area contributed by atoms with E-state index in [4.69, 9.17) is 4.74 Å². The molecule has 15 heavy (non-hydrogen) atoms. The molecule has 90 valence electrons. The molecule has 0 aromatic rings. The van der Waals surface area contributed by atoms with Crippen LogP contribution >= 0.6 is 25.3 Å². The summed E-state index contributed by atoms with van der Waals surface area (Å²) in [6.07, 6.45) is 0. The van der Waals surface area contributed by atoms with Crippen LogP contribution in [0.15, 0.2) is 0 Å². The van der Waals surface area contributed by atoms with Crippen molar-refractivity contribution < 1.29 is 9.53 Å². The van der Waals surface area contributed by atoms with Gasteiger partial charge in [0.2, 0.25) is 0 Å². The Bertz CT molecular complexity index is 170. The second kappa shape index (κ2) is 10.6. The van der Waals surface area contributed by atoms with Gasteiger partial charge in [-0.05, 0) is 6.92 Å². The van der Waals surface area contributed by atoms with E-state index in [0.29, 0.717) is 12.4 Å². The zero-order chi connectivity index (χ0) is 11.5. The van der Waals surface area contributed by atoms with Gasteiger partial charge in [0.25, 0.3) is 0 Å². The van der Waals surface area contributed by atoms with E-state index < -0.39 is 0 Å². The standard InChI is InChI=1S/C9H20N2O2S2/c1-2-13-9(12)8(7-15)11-4-3-10-5-6-14/h8,10-11,14-15H,2-7H2,1H3. The first-order chi connectivity index (χ1) is 7.26. The summed E-state index contributed by atoms with van der Waals surface area (Å²) in [5.41, 5.74) is 0. The molecule has 0 aliphatic rings. The lowest BCUT2D eigenvalue weighted by molar-refractivity contribution is -0.144. The molecule has 0 aromatic heterocycles. The largest absolute Gasteiger partial charge is 0.465 e. The zero-order valence-corrected chi connectivity index (χ0v) is 10.8. The van der Waals surface area contributed by atoms with Crippen molar-refractivity contribution in [2.75, 3.05) is 37.7 Å². The summed E-state index contributed by atoms with van der Waals surface area (Å²) in [5, 5.41) is 6.24. The van der Waals surface area contributed by atoms with Gasteiger partial charge in [0.15, 0.2) is 0 Å². The number of carbonyl (C=O) groups is 1. The van der Waals surface area contributed by atoms with E-state index in [1.165, 1.54) is 0 Å². The topological polar surface area (TPSA) is 50.4 Å². The minimum atomic E-state index is -0.314. The highest BCUT2D eigenvalue weighted by Gasteiger charge is 2.16. The number of esters is 1. The van der Waals surface area contributed by atoms with Crippen LogP contribution in [0.5, 0.6) is 0 Å². The number of carbonyl (C=O) groups excluding carboxylic acids is 1. The maximum absolute atomic E-state index is 11.3. The maximum Gasteiger partial charge on any atom is 0.323 e. The van der Waals surface area contributed by atoms with E-state index in [1.54, 1.807) is 6.92 Å². The third-order valence-corrected chi connectivity index (χ3v) is 2.32. The number of hydrogen-bond donors (Lipinski definition) is 4. The van der Waals surface area contributed by atoms with Crippen LogP contribution in [0.1, 0.15) is 6.92 Å². The molecule has 0 bridgehead atoms. The predicted molar refractivity (Wildman–Crippen MR) is 69.0 cm³/mol. The predicted octanol–water partition coefficient (Wildman–Crippen LogP) is -0.0431. The summed E-state index contributed by atoms with van der Waals surface area (Å²) in [5.74, 6) is 1.03. The average molecular weight is 252 g/mol. The molecule has 2 N–H and O–H groups in total. The fourth-order valence-electron chi connectivity index (χ4n) is 1.00. The van der Waals surface area contributed by atoms with Gasteiger partial charge in [-0.1, -0.05) is 0 Å². The van der Waals surface area contributed by atoms with E-state index >= 15 is 0 Å². The van der Waals surface area contributed by atoms with Gasteiger partial charge in [-0.3, -0.25) is 4.79 Å². The summed E-state index contributed by atoms with van der Waals surface area (Å²) in [4.78, 5) is 11.3. The quantitative estimate of drug-likeness (QED) is 0.264. The summed E-state index contributed by atoms with van der Waals surface area (Å²) < 4.78 is 4.89. The molecule has 0 heterocycles. The molecule has 0 aliphatic heterocycles. The minimum absolute atomic E-state index is 0.235. The van der Waals surface area contributed by atoms with Crippen molar-refractivity contribution in [2.45, 2.75) is 13.0 Å². The van der Waals surface area contributed by atoms with Crippen LogP contribution in [0.2, 0.25) is 0 Å². The van der Waals surface area contributed by atoms with Crippen molar-refractivity contribution in [1.82, 2.24) is 10.6 Å². The molecule has 1 atom stereocenters. The molecular weight excluding hydrogens is 232 g/mol. The van der Waals surface area contributed by atoms with E-state index in [9.17, 15) is 4.79 Å². The molecule has 0 saturated heterocycles. The Morgan fingerprint density at radius 2 is 2.07 bits per heavy atom. The van der Waals surface area contributed by atoms with Gasteiger partial charge >= 0.3 is 5.97 Å². The van der Waals surface area contributed by atoms with Gasteiger partial charge in [0.05, 0.1) is 6.61 Å². The monoisotopic (exact) mass is 252 g/mol. The molecule has 0 radical (unpaired) electrons. The molecular formula is C9H20N2O2S2. The van der Waals surface area contributed by atoms with Gasteiger partial charge in [-0.2, -0.15) is 25.3 Å². The van der Waals surface area contributed by atoms with Crippen molar-refractivity contribution in [3.63, 3.8) is 0 Å². The van der Waals surface area contributed by atoms with Crippen molar-refractivity contribution in [3.05, 3.63) is 0 Å². The van der Waals surface area contributed by atoms with Crippen LogP contribution in [0, 0.1) is 0 Å². The van der Waals surface area contributed by atoms with Crippen molar-refractivity contribution in [2.24, 2.45) is 0 Å². The molecule has 0 spiro atoms. The second-order valence-electron chi connectivity index (χ2n) is 2.91. The van der Waals surface area contributed by atoms with Crippen LogP contribution in [0.4, 0.5) is 0 Å². The molecule has 4 nitrogen and oxygen atoms in total. The lowest BCUT2D eigenvalue weighted by atomic mass is 10.3. The van der Waals surface area contributed by atoms with Crippen LogP contribution in [-0.4, -0.2) is 49.8 Å². The first-order valence-electron chi connectivity index (χ1n) is 5.08. The number of hydrogen-bond acceptors (Lipinski definition) is 6. The molecule has 0 saturated carbocycles. The molecule has 0 aromatic carbocycles. The highest BCUT2D eigenvalue weighted by molar-refractivity contribution is 7.80. The van der Waals surface area contributed by atoms with E-state index in [-0.39, 0.29) is 12.0 Å². The third-order valence-electron chi connectivity index (χ3n) is 1.73. The highest BCUT2D eigenvalue weighted by atomic mass is 32.1. The second-order valence-corrected chi connectivity index (χ2v) is 3.73. The highest BCUT2D eigenvalue weighted by Crippen LogP contribution is 1.92. The Morgan fingerprint density at radius 1 is 1.33 bits per heavy atom. The summed E-state index contributed by atoms with van der Waals surface area (Å²) >= 11 is 8.17. The summed E-state index contributed by atoms with van der Waals surface area (Å²) in [7, 11) is 0. The Morgan fingerprint density at radius 3 is 2.60 bits per heavy atom. The van der Waals surface area contributed by atoms with Crippen molar-refractivity contribution in [1.29, 1.82) is 0 Å². The van der Waals surface area contributed by atoms with Gasteiger partial charge in [0.1, 0.15) is 6.04 Å². The Labute approximate surface area is 102 Å². The van der Waals surface area contributed by atoms with Gasteiger partial charge < -0.3 is 15.4 Å². The van der Waals surface area contributed by atoms with Crippen LogP contribution in [0.25, 0.3) is 0 Å². The fraction of sp³-hybridized carbons (Fsp3) is 0.889. The lowest BCUT2D eigenvalue weighted by Gasteiger charge is -2.14. The first-order valence-corrected chi connectivity index (χ1v) is 6.35. The van der Waals surface area contributed by atoms with Crippen molar-refractivity contribution in [3.8, 4) is 0 Å². The Balaban J connectivity index is 3.56. The molecule has 0 amide bonds. The maximum atomic E-state index is 11.3. The Kier molecular flexibility index (Phi) is 10.7. The van der Waals surface area contributed by atoms with Crippen LogP contribution in [0.3, 0.4) is 0 Å². The summed E-state index contributed by atoms with van der Waals surface area (Å²) in [6.45, 7) is 4.60. The van der Waals surface area contributed by atoms with E-state index in [1.807, 2.05) is 0 Å². The minimum Gasteiger partial charge on any atom is -0.465 e. The number of rotatable bonds is 9. The normalized spacial score (nSPS) is 12.5. The Hall–Kier alpha value is 0.0900. The lowest BCUT2D eigenvalue weighted by Crippen LogP contribution is -2.42. The van der Waals surface area contributed by atoms with Gasteiger partial charge in [-0.25, -0.2) is 0 Å². The number of ether oxygens (including phenoxy) is 1. The molecule has 0 rings (SSSR count). The fourth-order valence-corrected chi connectivity index (χ4v) is 1.44. The zero-order valence-electron chi connectivity index (χ0n) is 9.03. The molecule has 1 unspecified atom stereocenters. The third kappa shape index (κ3) is 7.96. The van der Waals surface area contributed by atoms with E-state index in [0.717, 1.165) is 25.4 Å². The average Bonchev–Trinajstić information content (AvgIpc) is 2.23. The van der Waals surface area contributed by atoms with Gasteiger partial charge in [0, 0.05) is 31.1 Å². The van der Waals surface area contributed by atoms with E-state index in [2.05, 4.69) is 35.9 Å².